The lowest BCUT2D eigenvalue weighted by atomic mass is 9.75. The van der Waals surface area contributed by atoms with Gasteiger partial charge in [0.2, 0.25) is 0 Å². The molecule has 0 aromatic heterocycles. The summed E-state index contributed by atoms with van der Waals surface area (Å²) < 4.78 is 5.45. The Labute approximate surface area is 160 Å². The zero-order chi connectivity index (χ0) is 16.8. The van der Waals surface area contributed by atoms with E-state index < -0.39 is 0 Å². The van der Waals surface area contributed by atoms with Crippen LogP contribution in [0.25, 0.3) is 0 Å². The van der Waals surface area contributed by atoms with Gasteiger partial charge in [-0.05, 0) is 46.7 Å². The molecule has 6 heteroatoms. The third-order valence-corrected chi connectivity index (χ3v) is 5.06. The van der Waals surface area contributed by atoms with Crippen LogP contribution in [0.15, 0.2) is 4.99 Å². The van der Waals surface area contributed by atoms with E-state index in [-0.39, 0.29) is 35.1 Å². The first-order valence-corrected chi connectivity index (χ1v) is 8.42. The molecule has 2 N–H and O–H groups in total. The fraction of sp³-hybridized carbons (Fsp3) is 0.941. The lowest BCUT2D eigenvalue weighted by Gasteiger charge is -2.45. The van der Waals surface area contributed by atoms with Crippen LogP contribution >= 0.6 is 24.0 Å². The molecule has 5 nitrogen and oxygen atoms in total. The molecule has 1 saturated carbocycles. The van der Waals surface area contributed by atoms with Crippen molar-refractivity contribution in [3.63, 3.8) is 0 Å². The van der Waals surface area contributed by atoms with E-state index in [1.807, 2.05) is 7.05 Å². The number of halogens is 1. The average Bonchev–Trinajstić information content (AvgIpc) is 2.47. The minimum atomic E-state index is -0.198. The van der Waals surface area contributed by atoms with Gasteiger partial charge in [0.05, 0.1) is 5.60 Å². The first-order valence-electron chi connectivity index (χ1n) is 8.42. The van der Waals surface area contributed by atoms with Crippen LogP contribution in [0.3, 0.4) is 0 Å². The first kappa shape index (κ1) is 22.9. The molecule has 0 saturated heterocycles. The maximum atomic E-state index is 5.45. The molecule has 2 unspecified atom stereocenters. The van der Waals surface area contributed by atoms with Crippen LogP contribution in [0, 0.1) is 5.92 Å². The highest BCUT2D eigenvalue weighted by molar-refractivity contribution is 14.0. The lowest BCUT2D eigenvalue weighted by Crippen LogP contribution is -2.57. The Morgan fingerprint density at radius 1 is 1.35 bits per heavy atom. The van der Waals surface area contributed by atoms with Crippen molar-refractivity contribution >= 4 is 29.9 Å². The number of methoxy groups -OCH3 is 1. The minimum absolute atomic E-state index is 0. The summed E-state index contributed by atoms with van der Waals surface area (Å²) in [7, 11) is 7.96. The van der Waals surface area contributed by atoms with Gasteiger partial charge in [-0.3, -0.25) is 4.99 Å². The SMILES string of the molecule is CN=C(NCC(C)(C)OC)NCC1(N(C)C)CCCC(C)C1.I. The maximum Gasteiger partial charge on any atom is 0.191 e. The summed E-state index contributed by atoms with van der Waals surface area (Å²) in [4.78, 5) is 6.73. The second kappa shape index (κ2) is 10.0. The number of hydrogen-bond donors (Lipinski definition) is 2. The van der Waals surface area contributed by atoms with E-state index in [0.717, 1.165) is 25.0 Å². The zero-order valence-electron chi connectivity index (χ0n) is 16.0. The van der Waals surface area contributed by atoms with Crippen LogP contribution < -0.4 is 10.6 Å². The second-order valence-electron chi connectivity index (χ2n) is 7.56. The van der Waals surface area contributed by atoms with Crippen molar-refractivity contribution in [2.45, 2.75) is 57.6 Å². The average molecular weight is 440 g/mol. The van der Waals surface area contributed by atoms with Crippen LogP contribution in [0.5, 0.6) is 0 Å². The van der Waals surface area contributed by atoms with Gasteiger partial charge >= 0.3 is 0 Å². The number of nitrogens with one attached hydrogen (secondary N) is 2. The van der Waals surface area contributed by atoms with E-state index in [1.54, 1.807) is 7.11 Å². The molecule has 1 fully saturated rings. The van der Waals surface area contributed by atoms with Gasteiger partial charge in [0.1, 0.15) is 0 Å². The normalized spacial score (nSPS) is 25.9. The maximum absolute atomic E-state index is 5.45. The molecule has 0 radical (unpaired) electrons. The highest BCUT2D eigenvalue weighted by Crippen LogP contribution is 2.35. The molecule has 138 valence electrons. The highest BCUT2D eigenvalue weighted by atomic mass is 127. The summed E-state index contributed by atoms with van der Waals surface area (Å²) >= 11 is 0. The lowest BCUT2D eigenvalue weighted by molar-refractivity contribution is 0.0267. The van der Waals surface area contributed by atoms with Crippen molar-refractivity contribution in [1.29, 1.82) is 0 Å². The van der Waals surface area contributed by atoms with Crippen LogP contribution in [0.4, 0.5) is 0 Å². The van der Waals surface area contributed by atoms with Crippen LogP contribution in [0.1, 0.15) is 46.5 Å². The van der Waals surface area contributed by atoms with Crippen molar-refractivity contribution in [2.75, 3.05) is 41.3 Å². The number of likely N-dealkylation sites (N-methyl/N-ethyl adjacent to an activating group) is 1. The quantitative estimate of drug-likeness (QED) is 0.379. The molecule has 0 aliphatic heterocycles. The monoisotopic (exact) mass is 440 g/mol. The minimum Gasteiger partial charge on any atom is -0.377 e. The predicted octanol–water partition coefficient (Wildman–Crippen LogP) is 2.70. The Kier molecular flexibility index (Phi) is 10.00. The Morgan fingerprint density at radius 3 is 2.48 bits per heavy atom. The van der Waals surface area contributed by atoms with Gasteiger partial charge in [0, 0.05) is 32.8 Å². The number of guanidine groups is 1. The van der Waals surface area contributed by atoms with Crippen molar-refractivity contribution in [3.8, 4) is 0 Å². The van der Waals surface area contributed by atoms with Gasteiger partial charge in [-0.15, -0.1) is 24.0 Å². The second-order valence-corrected chi connectivity index (χ2v) is 7.56. The van der Waals surface area contributed by atoms with Crippen molar-refractivity contribution in [2.24, 2.45) is 10.9 Å². The number of rotatable bonds is 6. The molecule has 0 bridgehead atoms. The molecule has 1 aliphatic carbocycles. The molecule has 1 rings (SSSR count). The van der Waals surface area contributed by atoms with Crippen molar-refractivity contribution < 1.29 is 4.74 Å². The summed E-state index contributed by atoms with van der Waals surface area (Å²) in [5.74, 6) is 1.64. The van der Waals surface area contributed by atoms with Gasteiger partial charge in [0.15, 0.2) is 5.96 Å². The van der Waals surface area contributed by atoms with E-state index in [2.05, 4.69) is 55.4 Å². The topological polar surface area (TPSA) is 48.9 Å². The highest BCUT2D eigenvalue weighted by Gasteiger charge is 2.37. The Hall–Kier alpha value is -0.0800. The van der Waals surface area contributed by atoms with E-state index in [9.17, 15) is 0 Å². The fourth-order valence-corrected chi connectivity index (χ4v) is 3.19. The largest absolute Gasteiger partial charge is 0.377 e. The summed E-state index contributed by atoms with van der Waals surface area (Å²) in [6.07, 6.45) is 5.15. The Bertz CT molecular complexity index is 374. The summed E-state index contributed by atoms with van der Waals surface area (Å²) in [5, 5.41) is 6.88. The molecule has 0 heterocycles. The molecule has 2 atom stereocenters. The predicted molar refractivity (Wildman–Crippen MR) is 110 cm³/mol. The van der Waals surface area contributed by atoms with Crippen molar-refractivity contribution in [1.82, 2.24) is 15.5 Å². The standard InChI is InChI=1S/C17H36N4O.HI/c1-14-9-8-10-17(11-14,21(5)6)13-20-15(18-4)19-12-16(2,3)22-7;/h14H,8-13H2,1-7H3,(H2,18,19,20);1H. The molecular weight excluding hydrogens is 403 g/mol. The van der Waals surface area contributed by atoms with E-state index in [1.165, 1.54) is 25.7 Å². The van der Waals surface area contributed by atoms with Gasteiger partial charge in [0.25, 0.3) is 0 Å². The van der Waals surface area contributed by atoms with Crippen LogP contribution in [-0.2, 0) is 4.74 Å². The molecule has 0 amide bonds. The third kappa shape index (κ3) is 7.13. The van der Waals surface area contributed by atoms with Gasteiger partial charge in [-0.2, -0.15) is 0 Å². The smallest absolute Gasteiger partial charge is 0.191 e. The van der Waals surface area contributed by atoms with Gasteiger partial charge < -0.3 is 20.3 Å². The van der Waals surface area contributed by atoms with Gasteiger partial charge in [-0.1, -0.05) is 19.8 Å². The number of aliphatic imine (C=N–C) groups is 1. The van der Waals surface area contributed by atoms with Crippen molar-refractivity contribution in [3.05, 3.63) is 0 Å². The van der Waals surface area contributed by atoms with E-state index >= 15 is 0 Å². The summed E-state index contributed by atoms with van der Waals surface area (Å²) in [5.41, 5.74) is 0.0300. The Balaban J connectivity index is 0.00000484. The van der Waals surface area contributed by atoms with Crippen LogP contribution in [0.2, 0.25) is 0 Å². The third-order valence-electron chi connectivity index (χ3n) is 5.06. The fourth-order valence-electron chi connectivity index (χ4n) is 3.19. The van der Waals surface area contributed by atoms with E-state index in [0.29, 0.717) is 0 Å². The molecule has 0 aromatic carbocycles. The molecule has 23 heavy (non-hydrogen) atoms. The van der Waals surface area contributed by atoms with Gasteiger partial charge in [-0.25, -0.2) is 0 Å². The number of ether oxygens (including phenoxy) is 1. The summed E-state index contributed by atoms with van der Waals surface area (Å²) in [6, 6.07) is 0. The zero-order valence-corrected chi connectivity index (χ0v) is 18.4. The molecule has 0 aromatic rings. The van der Waals surface area contributed by atoms with Crippen LogP contribution in [-0.4, -0.2) is 63.3 Å². The Morgan fingerprint density at radius 2 is 2.00 bits per heavy atom. The molecule has 1 aliphatic rings. The molecular formula is C17H37IN4O. The van der Waals surface area contributed by atoms with E-state index in [4.69, 9.17) is 4.74 Å². The first-order chi connectivity index (χ1) is 10.2. The number of nitrogens with zero attached hydrogens (tertiary/aromatic N) is 2. The number of hydrogen-bond acceptors (Lipinski definition) is 3. The summed E-state index contributed by atoms with van der Waals surface area (Å²) in [6.45, 7) is 8.16. The molecule has 0 spiro atoms.